The molecule has 0 aromatic heterocycles. The standard InChI is InChI=1S/C6ClF12IO2S/c7-23(21,22)6(18,19)4(14,15)2(10,11)1(8,9)3(12,13)5(16,17)20. The maximum atomic E-state index is 12.9. The maximum absolute atomic E-state index is 12.9. The third-order valence-electron chi connectivity index (χ3n) is 2.21. The van der Waals surface area contributed by atoms with E-state index in [0.717, 1.165) is 0 Å². The molecule has 0 amide bonds. The molecule has 2 nitrogen and oxygen atoms in total. The van der Waals surface area contributed by atoms with Crippen LogP contribution in [0, 0.1) is 0 Å². The Morgan fingerprint density at radius 2 is 0.870 bits per heavy atom. The first-order valence-corrected chi connectivity index (χ1v) is 7.79. The van der Waals surface area contributed by atoms with Crippen molar-refractivity contribution >= 4 is 42.3 Å². The third-order valence-corrected chi connectivity index (χ3v) is 4.34. The van der Waals surface area contributed by atoms with E-state index in [1.165, 1.54) is 0 Å². The van der Waals surface area contributed by atoms with Crippen molar-refractivity contribution < 1.29 is 61.1 Å². The smallest absolute Gasteiger partial charge is 0.206 e. The quantitative estimate of drug-likeness (QED) is 0.217. The van der Waals surface area contributed by atoms with Gasteiger partial charge in [0.1, 0.15) is 0 Å². The number of hydrogen-bond donors (Lipinski definition) is 0. The summed E-state index contributed by atoms with van der Waals surface area (Å²) in [5.74, 6) is -30.8. The number of rotatable bonds is 6. The van der Waals surface area contributed by atoms with Gasteiger partial charge in [-0.3, -0.25) is 0 Å². The van der Waals surface area contributed by atoms with E-state index in [2.05, 4.69) is 10.7 Å². The Morgan fingerprint density at radius 3 is 1.09 bits per heavy atom. The van der Waals surface area contributed by atoms with Gasteiger partial charge < -0.3 is 0 Å². The lowest BCUT2D eigenvalue weighted by Gasteiger charge is -2.39. The summed E-state index contributed by atoms with van der Waals surface area (Å²) in [7, 11) is -3.35. The highest BCUT2D eigenvalue weighted by atomic mass is 127. The van der Waals surface area contributed by atoms with Gasteiger partial charge in [0.2, 0.25) is 0 Å². The van der Waals surface area contributed by atoms with Crippen molar-refractivity contribution in [3.05, 3.63) is 0 Å². The van der Waals surface area contributed by atoms with Gasteiger partial charge in [-0.1, -0.05) is 0 Å². The van der Waals surface area contributed by atoms with Gasteiger partial charge in [-0.15, -0.1) is 0 Å². The van der Waals surface area contributed by atoms with Crippen LogP contribution >= 0.6 is 33.3 Å². The molecule has 23 heavy (non-hydrogen) atoms. The van der Waals surface area contributed by atoms with E-state index in [4.69, 9.17) is 0 Å². The minimum absolute atomic E-state index is 0.823. The molecule has 0 rings (SSSR count). The van der Waals surface area contributed by atoms with Crippen LogP contribution in [0.3, 0.4) is 0 Å². The molecule has 0 saturated carbocycles. The fraction of sp³-hybridized carbons (Fsp3) is 1.00. The summed E-state index contributed by atoms with van der Waals surface area (Å²) >= 11 is -0.823. The fourth-order valence-electron chi connectivity index (χ4n) is 0.908. The molecule has 0 unspecified atom stereocenters. The molecule has 0 fully saturated rings. The van der Waals surface area contributed by atoms with E-state index >= 15 is 0 Å². The molecule has 0 spiro atoms. The van der Waals surface area contributed by atoms with E-state index in [1.54, 1.807) is 0 Å². The third kappa shape index (κ3) is 3.06. The van der Waals surface area contributed by atoms with Crippen molar-refractivity contribution in [2.45, 2.75) is 32.9 Å². The summed E-state index contributed by atoms with van der Waals surface area (Å²) in [5.41, 5.74) is 0. The van der Waals surface area contributed by atoms with Gasteiger partial charge >= 0.3 is 41.9 Å². The Morgan fingerprint density at radius 1 is 0.609 bits per heavy atom. The van der Waals surface area contributed by atoms with Crippen molar-refractivity contribution in [2.75, 3.05) is 0 Å². The topological polar surface area (TPSA) is 34.1 Å². The van der Waals surface area contributed by atoms with Crippen LogP contribution in [-0.4, -0.2) is 41.3 Å². The normalized spacial score (nSPS) is 16.6. The van der Waals surface area contributed by atoms with Gasteiger partial charge in [0.05, 0.1) is 0 Å². The summed E-state index contributed by atoms with van der Waals surface area (Å²) in [5, 5.41) is -7.19. The molecule has 0 heterocycles. The van der Waals surface area contributed by atoms with E-state index in [-0.39, 0.29) is 0 Å². The second-order valence-electron chi connectivity index (χ2n) is 3.75. The lowest BCUT2D eigenvalue weighted by atomic mass is 9.99. The molecular weight excluding hydrogens is 526 g/mol. The van der Waals surface area contributed by atoms with Crippen LogP contribution in [0.5, 0.6) is 0 Å². The zero-order chi connectivity index (χ0) is 19.5. The van der Waals surface area contributed by atoms with Gasteiger partial charge in [0.15, 0.2) is 0 Å². The highest BCUT2D eigenvalue weighted by Gasteiger charge is 2.91. The van der Waals surface area contributed by atoms with E-state index < -0.39 is 64.5 Å². The minimum atomic E-state index is -7.94. The molecule has 17 heteroatoms. The lowest BCUT2D eigenvalue weighted by molar-refractivity contribution is -0.404. The predicted molar refractivity (Wildman–Crippen MR) is 58.5 cm³/mol. The van der Waals surface area contributed by atoms with Crippen LogP contribution in [0.4, 0.5) is 52.7 Å². The van der Waals surface area contributed by atoms with Crippen LogP contribution in [0.25, 0.3) is 0 Å². The molecule has 140 valence electrons. The molecule has 0 aliphatic rings. The van der Waals surface area contributed by atoms with Crippen molar-refractivity contribution in [3.8, 4) is 0 Å². The second-order valence-corrected chi connectivity index (χ2v) is 7.71. The van der Waals surface area contributed by atoms with E-state index in [0.29, 0.717) is 0 Å². The highest BCUT2D eigenvalue weighted by Crippen LogP contribution is 2.62. The van der Waals surface area contributed by atoms with Gasteiger partial charge in [-0.05, 0) is 0 Å². The van der Waals surface area contributed by atoms with Gasteiger partial charge in [0, 0.05) is 33.3 Å². The van der Waals surface area contributed by atoms with Crippen LogP contribution < -0.4 is 0 Å². The SMILES string of the molecule is O=S(=O)(Cl)C(F)(F)C(F)(F)C(F)(F)C(F)(F)C(F)(F)C(F)(F)I. The average molecular weight is 526 g/mol. The fourth-order valence-corrected chi connectivity index (χ4v) is 1.97. The van der Waals surface area contributed by atoms with Crippen molar-refractivity contribution in [1.82, 2.24) is 0 Å². The zero-order valence-electron chi connectivity index (χ0n) is 9.52. The molecule has 0 aromatic carbocycles. The Kier molecular flexibility index (Phi) is 5.60. The summed E-state index contributed by atoms with van der Waals surface area (Å²) in [6.45, 7) is 0. The summed E-state index contributed by atoms with van der Waals surface area (Å²) in [6.07, 6.45) is 0. The first-order valence-electron chi connectivity index (χ1n) is 4.40. The van der Waals surface area contributed by atoms with Crippen LogP contribution in [0.15, 0.2) is 0 Å². The molecule has 0 N–H and O–H groups in total. The Balaban J connectivity index is 6.48. The molecule has 0 saturated heterocycles. The largest absolute Gasteiger partial charge is 0.427 e. The summed E-state index contributed by atoms with van der Waals surface area (Å²) in [4.78, 5) is 0. The molecule has 0 aromatic rings. The summed E-state index contributed by atoms with van der Waals surface area (Å²) in [6, 6.07) is 0. The molecule has 0 aliphatic carbocycles. The van der Waals surface area contributed by atoms with Crippen molar-refractivity contribution in [2.24, 2.45) is 0 Å². The van der Waals surface area contributed by atoms with E-state index in [1.807, 2.05) is 0 Å². The number of hydrogen-bond acceptors (Lipinski definition) is 2. The first kappa shape index (κ1) is 23.1. The van der Waals surface area contributed by atoms with Crippen LogP contribution in [-0.2, 0) is 9.05 Å². The van der Waals surface area contributed by atoms with Crippen molar-refractivity contribution in [3.63, 3.8) is 0 Å². The van der Waals surface area contributed by atoms with Crippen LogP contribution in [0.2, 0.25) is 0 Å². The molecule has 0 radical (unpaired) electrons. The predicted octanol–water partition coefficient (Wildman–Crippen LogP) is 4.72. The molecule has 0 bridgehead atoms. The summed E-state index contributed by atoms with van der Waals surface area (Å²) < 4.78 is 167. The van der Waals surface area contributed by atoms with Gasteiger partial charge in [-0.2, -0.15) is 52.7 Å². The zero-order valence-corrected chi connectivity index (χ0v) is 13.2. The monoisotopic (exact) mass is 526 g/mol. The van der Waals surface area contributed by atoms with Crippen LogP contribution in [0.1, 0.15) is 0 Å². The maximum Gasteiger partial charge on any atom is 0.427 e. The van der Waals surface area contributed by atoms with Gasteiger partial charge in [-0.25, -0.2) is 8.42 Å². The Bertz CT molecular complexity index is 567. The molecule has 0 aliphatic heterocycles. The molecule has 0 atom stereocenters. The first-order chi connectivity index (χ1) is 9.50. The second kappa shape index (κ2) is 5.57. The van der Waals surface area contributed by atoms with Crippen molar-refractivity contribution in [1.29, 1.82) is 0 Å². The Hall–Kier alpha value is 0.130. The molecular formula is C6ClF12IO2S. The Labute approximate surface area is 136 Å². The van der Waals surface area contributed by atoms with E-state index in [9.17, 15) is 61.1 Å². The lowest BCUT2D eigenvalue weighted by Crippen LogP contribution is -2.70. The minimum Gasteiger partial charge on any atom is -0.206 e. The average Bonchev–Trinajstić information content (AvgIpc) is 2.24. The number of halogens is 14. The van der Waals surface area contributed by atoms with Gasteiger partial charge in [0.25, 0.3) is 0 Å². The number of alkyl halides is 13. The highest BCUT2D eigenvalue weighted by molar-refractivity contribution is 14.1.